The lowest BCUT2D eigenvalue weighted by Gasteiger charge is -2.32. The Morgan fingerprint density at radius 1 is 1.33 bits per heavy atom. The number of halogens is 3. The molecule has 0 unspecified atom stereocenters. The van der Waals surface area contributed by atoms with Crippen molar-refractivity contribution in [1.29, 1.82) is 0 Å². The van der Waals surface area contributed by atoms with E-state index in [9.17, 15) is 18.0 Å². The van der Waals surface area contributed by atoms with Gasteiger partial charge >= 0.3 is 6.18 Å². The van der Waals surface area contributed by atoms with E-state index in [1.807, 2.05) is 13.8 Å². The fourth-order valence-electron chi connectivity index (χ4n) is 2.51. The summed E-state index contributed by atoms with van der Waals surface area (Å²) in [7, 11) is 0. The van der Waals surface area contributed by atoms with Crippen LogP contribution in [-0.4, -0.2) is 49.2 Å². The highest BCUT2D eigenvalue weighted by atomic mass is 19.4. The predicted octanol–water partition coefficient (Wildman–Crippen LogP) is 1.75. The molecule has 0 aromatic carbocycles. The van der Waals surface area contributed by atoms with Gasteiger partial charge in [0.05, 0.1) is 12.6 Å². The molecule has 1 saturated heterocycles. The molecule has 1 fully saturated rings. The number of amides is 1. The topological polar surface area (TPSA) is 58.4 Å². The SMILES string of the molecule is CC(C)[C@H](N)C(=O)NCCC1CCN(CC(F)(F)F)CC1. The second-order valence-corrected chi connectivity index (χ2v) is 6.18. The van der Waals surface area contributed by atoms with Gasteiger partial charge in [-0.1, -0.05) is 13.8 Å². The maximum absolute atomic E-state index is 12.3. The maximum Gasteiger partial charge on any atom is 0.401 e. The lowest BCUT2D eigenvalue weighted by molar-refractivity contribution is -0.148. The van der Waals surface area contributed by atoms with Crippen molar-refractivity contribution in [2.24, 2.45) is 17.6 Å². The number of carbonyl (C=O) groups excluding carboxylic acids is 1. The van der Waals surface area contributed by atoms with Gasteiger partial charge < -0.3 is 11.1 Å². The quantitative estimate of drug-likeness (QED) is 0.786. The van der Waals surface area contributed by atoms with E-state index in [0.29, 0.717) is 25.6 Å². The van der Waals surface area contributed by atoms with E-state index in [4.69, 9.17) is 5.73 Å². The third kappa shape index (κ3) is 7.13. The van der Waals surface area contributed by atoms with Crippen LogP contribution in [0.3, 0.4) is 0 Å². The molecule has 3 N–H and O–H groups in total. The molecule has 7 heteroatoms. The second-order valence-electron chi connectivity index (χ2n) is 6.18. The average molecular weight is 309 g/mol. The second kappa shape index (κ2) is 7.98. The van der Waals surface area contributed by atoms with E-state index in [-0.39, 0.29) is 11.8 Å². The minimum atomic E-state index is -4.12. The van der Waals surface area contributed by atoms with Crippen LogP contribution < -0.4 is 11.1 Å². The minimum Gasteiger partial charge on any atom is -0.355 e. The maximum atomic E-state index is 12.3. The third-order valence-corrected chi connectivity index (χ3v) is 3.98. The van der Waals surface area contributed by atoms with Crippen LogP contribution in [0.1, 0.15) is 33.1 Å². The number of hydrogen-bond acceptors (Lipinski definition) is 3. The molecule has 0 spiro atoms. The molecular weight excluding hydrogens is 283 g/mol. The number of hydrogen-bond donors (Lipinski definition) is 2. The summed E-state index contributed by atoms with van der Waals surface area (Å²) < 4.78 is 36.8. The summed E-state index contributed by atoms with van der Waals surface area (Å²) in [6.07, 6.45) is -1.81. The predicted molar refractivity (Wildman–Crippen MR) is 75.7 cm³/mol. The van der Waals surface area contributed by atoms with Gasteiger partial charge in [-0.15, -0.1) is 0 Å². The summed E-state index contributed by atoms with van der Waals surface area (Å²) in [4.78, 5) is 13.1. The fourth-order valence-corrected chi connectivity index (χ4v) is 2.51. The zero-order valence-electron chi connectivity index (χ0n) is 12.7. The number of nitrogens with zero attached hydrogens (tertiary/aromatic N) is 1. The minimum absolute atomic E-state index is 0.0932. The summed E-state index contributed by atoms with van der Waals surface area (Å²) in [6.45, 7) is 4.46. The third-order valence-electron chi connectivity index (χ3n) is 3.98. The van der Waals surface area contributed by atoms with E-state index in [1.165, 1.54) is 4.90 Å². The van der Waals surface area contributed by atoms with Crippen molar-refractivity contribution in [1.82, 2.24) is 10.2 Å². The van der Waals surface area contributed by atoms with Gasteiger partial charge in [0.25, 0.3) is 0 Å². The van der Waals surface area contributed by atoms with Crippen LogP contribution in [0.15, 0.2) is 0 Å². The smallest absolute Gasteiger partial charge is 0.355 e. The van der Waals surface area contributed by atoms with Gasteiger partial charge in [0.2, 0.25) is 5.91 Å². The van der Waals surface area contributed by atoms with Gasteiger partial charge in [-0.05, 0) is 44.2 Å². The van der Waals surface area contributed by atoms with E-state index in [2.05, 4.69) is 5.32 Å². The van der Waals surface area contributed by atoms with Crippen LogP contribution in [0.2, 0.25) is 0 Å². The lowest BCUT2D eigenvalue weighted by atomic mass is 9.93. The molecule has 1 amide bonds. The highest BCUT2D eigenvalue weighted by molar-refractivity contribution is 5.81. The first-order valence-corrected chi connectivity index (χ1v) is 7.51. The highest BCUT2D eigenvalue weighted by Gasteiger charge is 2.32. The fraction of sp³-hybridized carbons (Fsp3) is 0.929. The summed E-state index contributed by atoms with van der Waals surface area (Å²) in [6, 6.07) is -0.501. The largest absolute Gasteiger partial charge is 0.401 e. The standard InChI is InChI=1S/C14H26F3N3O/c1-10(2)12(18)13(21)19-6-3-11-4-7-20(8-5-11)9-14(15,16)17/h10-12H,3-9,18H2,1-2H3,(H,19,21)/t12-/m0/s1. The Kier molecular flexibility index (Phi) is 6.93. The molecule has 4 nitrogen and oxygen atoms in total. The Balaban J connectivity index is 2.18. The molecule has 0 aromatic heterocycles. The lowest BCUT2D eigenvalue weighted by Crippen LogP contribution is -2.45. The number of rotatable bonds is 6. The molecule has 124 valence electrons. The molecule has 1 rings (SSSR count). The first-order valence-electron chi connectivity index (χ1n) is 7.51. The van der Waals surface area contributed by atoms with Gasteiger partial charge in [0, 0.05) is 6.54 Å². The Labute approximate surface area is 124 Å². The molecule has 0 aromatic rings. The van der Waals surface area contributed by atoms with E-state index in [0.717, 1.165) is 19.3 Å². The van der Waals surface area contributed by atoms with E-state index < -0.39 is 18.8 Å². The van der Waals surface area contributed by atoms with Gasteiger partial charge in [-0.3, -0.25) is 9.69 Å². The first-order chi connectivity index (χ1) is 9.69. The van der Waals surface area contributed by atoms with Crippen molar-refractivity contribution >= 4 is 5.91 Å². The summed E-state index contributed by atoms with van der Waals surface area (Å²) in [5.74, 6) is 0.320. The molecule has 1 aliphatic heterocycles. The van der Waals surface area contributed by atoms with Gasteiger partial charge in [0.15, 0.2) is 0 Å². The van der Waals surface area contributed by atoms with Crippen LogP contribution in [0.5, 0.6) is 0 Å². The molecular formula is C14H26F3N3O. The van der Waals surface area contributed by atoms with Gasteiger partial charge in [0.1, 0.15) is 0 Å². The number of carbonyl (C=O) groups is 1. The molecule has 1 atom stereocenters. The number of likely N-dealkylation sites (tertiary alicyclic amines) is 1. The van der Waals surface area contributed by atoms with Crippen LogP contribution in [0, 0.1) is 11.8 Å². The molecule has 0 saturated carbocycles. The molecule has 0 bridgehead atoms. The average Bonchev–Trinajstić information content (AvgIpc) is 2.38. The van der Waals surface area contributed by atoms with Gasteiger partial charge in [-0.25, -0.2) is 0 Å². The van der Waals surface area contributed by atoms with Crippen molar-refractivity contribution in [2.75, 3.05) is 26.2 Å². The van der Waals surface area contributed by atoms with E-state index in [1.54, 1.807) is 0 Å². The zero-order chi connectivity index (χ0) is 16.0. The molecule has 21 heavy (non-hydrogen) atoms. The summed E-state index contributed by atoms with van der Waals surface area (Å²) in [5.41, 5.74) is 5.73. The highest BCUT2D eigenvalue weighted by Crippen LogP contribution is 2.23. The van der Waals surface area contributed by atoms with Crippen molar-refractivity contribution in [2.45, 2.75) is 45.3 Å². The first kappa shape index (κ1) is 18.2. The van der Waals surface area contributed by atoms with Crippen molar-refractivity contribution in [3.63, 3.8) is 0 Å². The van der Waals surface area contributed by atoms with Crippen molar-refractivity contribution in [3.05, 3.63) is 0 Å². The normalized spacial score (nSPS) is 19.8. The zero-order valence-corrected chi connectivity index (χ0v) is 12.7. The summed E-state index contributed by atoms with van der Waals surface area (Å²) in [5, 5.41) is 2.80. The number of alkyl halides is 3. The Bertz CT molecular complexity index is 326. The Morgan fingerprint density at radius 3 is 2.38 bits per heavy atom. The van der Waals surface area contributed by atoms with Crippen LogP contribution >= 0.6 is 0 Å². The number of piperidine rings is 1. The monoisotopic (exact) mass is 309 g/mol. The molecule has 0 radical (unpaired) electrons. The Hall–Kier alpha value is -0.820. The van der Waals surface area contributed by atoms with Crippen LogP contribution in [-0.2, 0) is 4.79 Å². The van der Waals surface area contributed by atoms with Crippen LogP contribution in [0.25, 0.3) is 0 Å². The molecule has 0 aliphatic carbocycles. The van der Waals surface area contributed by atoms with E-state index >= 15 is 0 Å². The number of nitrogens with one attached hydrogen (secondary N) is 1. The van der Waals surface area contributed by atoms with Crippen molar-refractivity contribution in [3.8, 4) is 0 Å². The molecule has 1 heterocycles. The Morgan fingerprint density at radius 2 is 1.90 bits per heavy atom. The van der Waals surface area contributed by atoms with Crippen molar-refractivity contribution < 1.29 is 18.0 Å². The summed E-state index contributed by atoms with van der Waals surface area (Å²) >= 11 is 0. The van der Waals surface area contributed by atoms with Crippen LogP contribution in [0.4, 0.5) is 13.2 Å². The number of nitrogens with two attached hydrogens (primary N) is 1. The molecule has 1 aliphatic rings. The van der Waals surface area contributed by atoms with Gasteiger partial charge in [-0.2, -0.15) is 13.2 Å².